The standard InChI is InChI=1S/C11H14S/c1-11(2,12-3)10-8-6-4-5-7-9-10/h4-8H,1-3H3. The molecule has 0 aromatic carbocycles. The number of allylic oxidation sites excluding steroid dienone is 4. The van der Waals surface area contributed by atoms with Gasteiger partial charge in [0.25, 0.3) is 0 Å². The first-order chi connectivity index (χ1) is 5.67. The molecular weight excluding hydrogens is 164 g/mol. The molecule has 0 aliphatic heterocycles. The second-order valence-corrected chi connectivity index (χ2v) is 4.61. The average Bonchev–Trinajstić information content (AvgIpc) is 2.32. The molecule has 0 spiro atoms. The van der Waals surface area contributed by atoms with E-state index in [0.717, 1.165) is 0 Å². The van der Waals surface area contributed by atoms with Crippen molar-refractivity contribution in [2.75, 3.05) is 6.26 Å². The highest BCUT2D eigenvalue weighted by Gasteiger charge is 2.19. The lowest BCUT2D eigenvalue weighted by Crippen LogP contribution is -2.15. The fraction of sp³-hybridized carbons (Fsp3) is 0.364. The molecule has 0 unspecified atom stereocenters. The minimum Gasteiger partial charge on any atom is -0.154 e. The Hall–Kier alpha value is -0.650. The first kappa shape index (κ1) is 9.44. The van der Waals surface area contributed by atoms with Crippen molar-refractivity contribution in [3.63, 3.8) is 0 Å². The summed E-state index contributed by atoms with van der Waals surface area (Å²) in [6.45, 7) is 4.42. The largest absolute Gasteiger partial charge is 0.154 e. The Morgan fingerprint density at radius 2 is 2.00 bits per heavy atom. The van der Waals surface area contributed by atoms with Gasteiger partial charge >= 0.3 is 0 Å². The van der Waals surface area contributed by atoms with Crippen LogP contribution in [-0.4, -0.2) is 11.0 Å². The van der Waals surface area contributed by atoms with Gasteiger partial charge in [-0.3, -0.25) is 0 Å². The second-order valence-electron chi connectivity index (χ2n) is 3.18. The predicted molar refractivity (Wildman–Crippen MR) is 57.5 cm³/mol. The van der Waals surface area contributed by atoms with E-state index in [4.69, 9.17) is 0 Å². The van der Waals surface area contributed by atoms with Crippen molar-refractivity contribution in [2.45, 2.75) is 18.6 Å². The molecular formula is C11H14S. The third-order valence-corrected chi connectivity index (χ3v) is 3.22. The molecule has 0 saturated heterocycles. The SMILES string of the molecule is CSC(C)(C)C1=C=CC=CC=C1. The summed E-state index contributed by atoms with van der Waals surface area (Å²) < 4.78 is 0.166. The van der Waals surface area contributed by atoms with E-state index < -0.39 is 0 Å². The van der Waals surface area contributed by atoms with Crippen LogP contribution in [0.2, 0.25) is 0 Å². The van der Waals surface area contributed by atoms with Gasteiger partial charge in [0, 0.05) is 10.3 Å². The molecule has 12 heavy (non-hydrogen) atoms. The van der Waals surface area contributed by atoms with E-state index in [1.807, 2.05) is 30.0 Å². The summed E-state index contributed by atoms with van der Waals surface area (Å²) in [6.07, 6.45) is 12.3. The van der Waals surface area contributed by atoms with Crippen LogP contribution in [0.4, 0.5) is 0 Å². The summed E-state index contributed by atoms with van der Waals surface area (Å²) in [5.74, 6) is 0. The highest BCUT2D eigenvalue weighted by molar-refractivity contribution is 8.00. The van der Waals surface area contributed by atoms with Crippen LogP contribution in [-0.2, 0) is 0 Å². The summed E-state index contributed by atoms with van der Waals surface area (Å²) in [7, 11) is 0. The Morgan fingerprint density at radius 1 is 1.25 bits per heavy atom. The van der Waals surface area contributed by atoms with Crippen LogP contribution in [0.5, 0.6) is 0 Å². The molecule has 0 saturated carbocycles. The molecule has 1 aliphatic rings. The number of hydrogen-bond donors (Lipinski definition) is 0. The molecule has 0 atom stereocenters. The van der Waals surface area contributed by atoms with Crippen LogP contribution in [0, 0.1) is 0 Å². The maximum Gasteiger partial charge on any atom is 0.0422 e. The van der Waals surface area contributed by atoms with Gasteiger partial charge in [0.1, 0.15) is 0 Å². The molecule has 0 fully saturated rings. The quantitative estimate of drug-likeness (QED) is 0.584. The number of rotatable bonds is 2. The van der Waals surface area contributed by atoms with E-state index in [2.05, 4.69) is 38.0 Å². The van der Waals surface area contributed by atoms with Crippen molar-refractivity contribution in [1.29, 1.82) is 0 Å². The molecule has 0 radical (unpaired) electrons. The summed E-state index contributed by atoms with van der Waals surface area (Å²) in [5.41, 5.74) is 4.52. The fourth-order valence-corrected chi connectivity index (χ4v) is 1.29. The minimum atomic E-state index is 0.166. The van der Waals surface area contributed by atoms with Gasteiger partial charge < -0.3 is 0 Å². The lowest BCUT2D eigenvalue weighted by Gasteiger charge is -2.21. The van der Waals surface area contributed by atoms with E-state index in [1.165, 1.54) is 5.57 Å². The Balaban J connectivity index is 2.97. The zero-order chi connectivity index (χ0) is 9.03. The molecule has 0 bridgehead atoms. The topological polar surface area (TPSA) is 0 Å². The fourth-order valence-electron chi connectivity index (χ4n) is 0.942. The van der Waals surface area contributed by atoms with Crippen molar-refractivity contribution < 1.29 is 0 Å². The molecule has 1 aliphatic carbocycles. The summed E-state index contributed by atoms with van der Waals surface area (Å²) in [5, 5.41) is 0. The van der Waals surface area contributed by atoms with Crippen LogP contribution < -0.4 is 0 Å². The zero-order valence-electron chi connectivity index (χ0n) is 7.79. The first-order valence-electron chi connectivity index (χ1n) is 4.02. The average molecular weight is 178 g/mol. The van der Waals surface area contributed by atoms with Crippen LogP contribution in [0.15, 0.2) is 41.7 Å². The lowest BCUT2D eigenvalue weighted by atomic mass is 10.0. The summed E-state index contributed by atoms with van der Waals surface area (Å²) in [4.78, 5) is 0. The van der Waals surface area contributed by atoms with Gasteiger partial charge in [-0.15, -0.1) is 5.73 Å². The molecule has 0 aromatic rings. The van der Waals surface area contributed by atoms with Crippen molar-refractivity contribution >= 4 is 11.8 Å². The number of hydrogen-bond acceptors (Lipinski definition) is 1. The molecule has 1 heteroatoms. The molecule has 0 N–H and O–H groups in total. The lowest BCUT2D eigenvalue weighted by molar-refractivity contribution is 0.862. The highest BCUT2D eigenvalue weighted by atomic mass is 32.2. The Labute approximate surface area is 78.7 Å². The molecule has 0 heterocycles. The van der Waals surface area contributed by atoms with Crippen LogP contribution in [0.1, 0.15) is 13.8 Å². The molecule has 1 rings (SSSR count). The van der Waals surface area contributed by atoms with E-state index in [1.54, 1.807) is 0 Å². The molecule has 0 aromatic heterocycles. The van der Waals surface area contributed by atoms with E-state index in [9.17, 15) is 0 Å². The maximum atomic E-state index is 3.27. The molecule has 64 valence electrons. The van der Waals surface area contributed by atoms with E-state index in [-0.39, 0.29) is 4.75 Å². The monoisotopic (exact) mass is 178 g/mol. The van der Waals surface area contributed by atoms with Crippen LogP contribution in [0.3, 0.4) is 0 Å². The van der Waals surface area contributed by atoms with E-state index in [0.29, 0.717) is 0 Å². The summed E-state index contributed by atoms with van der Waals surface area (Å²) >= 11 is 1.84. The molecule has 0 amide bonds. The Bertz CT molecular complexity index is 273. The second kappa shape index (κ2) is 3.84. The van der Waals surface area contributed by atoms with Crippen molar-refractivity contribution in [1.82, 2.24) is 0 Å². The predicted octanol–water partition coefficient (Wildman–Crippen LogP) is 3.34. The molecule has 0 nitrogen and oxygen atoms in total. The third kappa shape index (κ3) is 2.17. The van der Waals surface area contributed by atoms with Crippen LogP contribution in [0.25, 0.3) is 0 Å². The third-order valence-electron chi connectivity index (χ3n) is 1.98. The van der Waals surface area contributed by atoms with Gasteiger partial charge in [-0.2, -0.15) is 11.8 Å². The highest BCUT2D eigenvalue weighted by Crippen LogP contribution is 2.30. The summed E-state index contributed by atoms with van der Waals surface area (Å²) in [6, 6.07) is 0. The minimum absolute atomic E-state index is 0.166. The van der Waals surface area contributed by atoms with Gasteiger partial charge in [-0.05, 0) is 32.3 Å². The first-order valence-corrected chi connectivity index (χ1v) is 5.25. The van der Waals surface area contributed by atoms with E-state index >= 15 is 0 Å². The van der Waals surface area contributed by atoms with Gasteiger partial charge in [0.2, 0.25) is 0 Å². The van der Waals surface area contributed by atoms with Gasteiger partial charge in [0.15, 0.2) is 0 Å². The normalized spacial score (nSPS) is 16.1. The Morgan fingerprint density at radius 3 is 2.67 bits per heavy atom. The smallest absolute Gasteiger partial charge is 0.0422 e. The van der Waals surface area contributed by atoms with Gasteiger partial charge in [-0.1, -0.05) is 18.2 Å². The van der Waals surface area contributed by atoms with Crippen molar-refractivity contribution in [3.05, 3.63) is 41.7 Å². The van der Waals surface area contributed by atoms with Gasteiger partial charge in [0.05, 0.1) is 0 Å². The van der Waals surface area contributed by atoms with Crippen molar-refractivity contribution in [3.8, 4) is 0 Å². The maximum absolute atomic E-state index is 3.27. The van der Waals surface area contributed by atoms with Crippen molar-refractivity contribution in [2.24, 2.45) is 0 Å². The van der Waals surface area contributed by atoms with Gasteiger partial charge in [-0.25, -0.2) is 0 Å². The Kier molecular flexibility index (Phi) is 3.02. The number of thioether (sulfide) groups is 1. The zero-order valence-corrected chi connectivity index (χ0v) is 8.61. The van der Waals surface area contributed by atoms with Crippen LogP contribution >= 0.6 is 11.8 Å².